The fourth-order valence-corrected chi connectivity index (χ4v) is 2.99. The fourth-order valence-electron chi connectivity index (χ4n) is 2.33. The number of nitrogens with zero attached hydrogens (tertiary/aromatic N) is 3. The van der Waals surface area contributed by atoms with Gasteiger partial charge in [0.05, 0.1) is 30.6 Å². The number of rotatable bonds is 4. The average Bonchev–Trinajstić information content (AvgIpc) is 2.49. The minimum absolute atomic E-state index is 0.380. The third-order valence-electron chi connectivity index (χ3n) is 3.47. The van der Waals surface area contributed by atoms with E-state index in [2.05, 4.69) is 22.2 Å². The number of ether oxygens (including phenoxy) is 1. The zero-order valence-electron chi connectivity index (χ0n) is 13.0. The van der Waals surface area contributed by atoms with Crippen LogP contribution in [-0.4, -0.2) is 62.8 Å². The van der Waals surface area contributed by atoms with Crippen molar-refractivity contribution < 1.29 is 4.74 Å². The summed E-state index contributed by atoms with van der Waals surface area (Å²) in [6.45, 7) is 2.41. The number of para-hydroxylation sites is 2. The normalized spacial score (nSPS) is 19.7. The quantitative estimate of drug-likeness (QED) is 0.678. The van der Waals surface area contributed by atoms with E-state index in [1.54, 1.807) is 0 Å². The molecule has 0 spiro atoms. The highest BCUT2D eigenvalue weighted by atomic mass is 32.2. The maximum absolute atomic E-state index is 5.97. The lowest BCUT2D eigenvalue weighted by Gasteiger charge is -2.37. The zero-order chi connectivity index (χ0) is 15.2. The molecule has 6 heteroatoms. The van der Waals surface area contributed by atoms with Gasteiger partial charge in [-0.05, 0) is 18.4 Å². The van der Waals surface area contributed by atoms with Gasteiger partial charge in [-0.2, -0.15) is 11.8 Å². The molecule has 1 aliphatic rings. The van der Waals surface area contributed by atoms with Crippen LogP contribution < -0.4 is 10.6 Å². The van der Waals surface area contributed by atoms with Crippen LogP contribution in [0.15, 0.2) is 29.3 Å². The zero-order valence-corrected chi connectivity index (χ0v) is 13.8. The number of benzene rings is 1. The summed E-state index contributed by atoms with van der Waals surface area (Å²) in [6, 6.07) is 8.55. The molecule has 0 radical (unpaired) electrons. The second-order valence-corrected chi connectivity index (χ2v) is 6.14. The van der Waals surface area contributed by atoms with Gasteiger partial charge < -0.3 is 20.3 Å². The first-order valence-electron chi connectivity index (χ1n) is 7.07. The van der Waals surface area contributed by atoms with E-state index >= 15 is 0 Å². The van der Waals surface area contributed by atoms with Gasteiger partial charge in [0.2, 0.25) is 0 Å². The summed E-state index contributed by atoms with van der Waals surface area (Å²) in [4.78, 5) is 8.76. The second kappa shape index (κ2) is 7.56. The number of hydrogen-bond donors (Lipinski definition) is 1. The number of hydrogen-bond acceptors (Lipinski definition) is 4. The maximum atomic E-state index is 5.97. The van der Waals surface area contributed by atoms with Gasteiger partial charge >= 0.3 is 0 Å². The van der Waals surface area contributed by atoms with Crippen LogP contribution in [0.1, 0.15) is 0 Å². The lowest BCUT2D eigenvalue weighted by molar-refractivity contribution is 0.100. The van der Waals surface area contributed by atoms with Gasteiger partial charge in [0.1, 0.15) is 0 Å². The molecule has 0 amide bonds. The van der Waals surface area contributed by atoms with Gasteiger partial charge in [-0.25, -0.2) is 4.99 Å². The molecule has 21 heavy (non-hydrogen) atoms. The topological polar surface area (TPSA) is 54.1 Å². The molecule has 1 atom stereocenters. The summed E-state index contributed by atoms with van der Waals surface area (Å²) in [7, 11) is 3.79. The van der Waals surface area contributed by atoms with Crippen LogP contribution in [0.2, 0.25) is 0 Å². The molecular formula is C15H24N4OS. The highest BCUT2D eigenvalue weighted by molar-refractivity contribution is 7.98. The summed E-state index contributed by atoms with van der Waals surface area (Å²) >= 11 is 1.84. The van der Waals surface area contributed by atoms with Gasteiger partial charge in [0.15, 0.2) is 5.96 Å². The summed E-state index contributed by atoms with van der Waals surface area (Å²) in [6.07, 6.45) is 2.13. The van der Waals surface area contributed by atoms with Crippen LogP contribution in [0, 0.1) is 0 Å². The van der Waals surface area contributed by atoms with Crippen molar-refractivity contribution in [2.75, 3.05) is 50.8 Å². The van der Waals surface area contributed by atoms with E-state index < -0.39 is 0 Å². The Morgan fingerprint density at radius 3 is 2.95 bits per heavy atom. The number of aliphatic imine (C=N–C) groups is 1. The van der Waals surface area contributed by atoms with Gasteiger partial charge in [0.25, 0.3) is 0 Å². The van der Waals surface area contributed by atoms with Crippen LogP contribution in [-0.2, 0) is 4.74 Å². The van der Waals surface area contributed by atoms with Crippen molar-refractivity contribution in [1.29, 1.82) is 0 Å². The van der Waals surface area contributed by atoms with E-state index in [9.17, 15) is 0 Å². The second-order valence-electron chi connectivity index (χ2n) is 5.23. The smallest absolute Gasteiger partial charge is 0.196 e. The highest BCUT2D eigenvalue weighted by Crippen LogP contribution is 2.31. The number of thioether (sulfide) groups is 1. The minimum Gasteiger partial charge on any atom is -0.377 e. The molecule has 1 saturated heterocycles. The Morgan fingerprint density at radius 1 is 1.48 bits per heavy atom. The Kier molecular flexibility index (Phi) is 5.76. The lowest BCUT2D eigenvalue weighted by Crippen LogP contribution is -2.47. The van der Waals surface area contributed by atoms with Crippen LogP contribution in [0.4, 0.5) is 11.4 Å². The molecule has 0 aromatic heterocycles. The molecule has 0 saturated carbocycles. The lowest BCUT2D eigenvalue weighted by atomic mass is 10.2. The van der Waals surface area contributed by atoms with Crippen molar-refractivity contribution in [3.8, 4) is 0 Å². The Bertz CT molecular complexity index is 490. The number of anilines is 1. The van der Waals surface area contributed by atoms with E-state index in [0.29, 0.717) is 12.0 Å². The van der Waals surface area contributed by atoms with Crippen molar-refractivity contribution in [3.05, 3.63) is 24.3 Å². The Labute approximate surface area is 131 Å². The van der Waals surface area contributed by atoms with Crippen molar-refractivity contribution in [2.24, 2.45) is 10.7 Å². The largest absolute Gasteiger partial charge is 0.377 e. The molecule has 2 rings (SSSR count). The number of guanidine groups is 1. The van der Waals surface area contributed by atoms with Gasteiger partial charge in [-0.1, -0.05) is 12.1 Å². The monoisotopic (exact) mass is 308 g/mol. The molecule has 0 aliphatic carbocycles. The predicted molar refractivity (Wildman–Crippen MR) is 91.7 cm³/mol. The van der Waals surface area contributed by atoms with Crippen LogP contribution in [0.5, 0.6) is 0 Å². The van der Waals surface area contributed by atoms with E-state index in [1.165, 1.54) is 0 Å². The fraction of sp³-hybridized carbons (Fsp3) is 0.533. The van der Waals surface area contributed by atoms with Crippen LogP contribution in [0.3, 0.4) is 0 Å². The molecule has 1 aromatic rings. The Hall–Kier alpha value is -1.40. The molecule has 1 unspecified atom stereocenters. The van der Waals surface area contributed by atoms with Crippen molar-refractivity contribution in [2.45, 2.75) is 6.04 Å². The van der Waals surface area contributed by atoms with E-state index in [1.807, 2.05) is 49.0 Å². The van der Waals surface area contributed by atoms with E-state index in [4.69, 9.17) is 10.5 Å². The summed E-state index contributed by atoms with van der Waals surface area (Å²) < 4.78 is 5.62. The summed E-state index contributed by atoms with van der Waals surface area (Å²) in [5.41, 5.74) is 8.01. The molecule has 1 fully saturated rings. The third-order valence-corrected chi connectivity index (χ3v) is 4.19. The van der Waals surface area contributed by atoms with Gasteiger partial charge in [0, 0.05) is 26.4 Å². The van der Waals surface area contributed by atoms with Crippen molar-refractivity contribution >= 4 is 29.1 Å². The molecule has 0 bridgehead atoms. The first kappa shape index (κ1) is 16.0. The van der Waals surface area contributed by atoms with Crippen LogP contribution >= 0.6 is 11.8 Å². The first-order valence-corrected chi connectivity index (χ1v) is 8.46. The van der Waals surface area contributed by atoms with Crippen molar-refractivity contribution in [1.82, 2.24) is 4.90 Å². The third kappa shape index (κ3) is 4.04. The Balaban J connectivity index is 2.32. The van der Waals surface area contributed by atoms with Gasteiger partial charge in [-0.3, -0.25) is 0 Å². The SMILES string of the molecule is CSCC1COCCN1c1ccccc1N=C(N)N(C)C. The molecule has 1 aromatic carbocycles. The summed E-state index contributed by atoms with van der Waals surface area (Å²) in [5.74, 6) is 1.55. The van der Waals surface area contributed by atoms with E-state index in [-0.39, 0.29) is 0 Å². The van der Waals surface area contributed by atoms with Crippen molar-refractivity contribution in [3.63, 3.8) is 0 Å². The number of morpholine rings is 1. The van der Waals surface area contributed by atoms with Crippen LogP contribution in [0.25, 0.3) is 0 Å². The molecule has 5 nitrogen and oxygen atoms in total. The predicted octanol–water partition coefficient (Wildman–Crippen LogP) is 1.76. The van der Waals surface area contributed by atoms with Gasteiger partial charge in [-0.15, -0.1) is 0 Å². The highest BCUT2D eigenvalue weighted by Gasteiger charge is 2.24. The first-order chi connectivity index (χ1) is 10.1. The molecule has 2 N–H and O–H groups in total. The Morgan fingerprint density at radius 2 is 2.24 bits per heavy atom. The molecular weight excluding hydrogens is 284 g/mol. The minimum atomic E-state index is 0.380. The molecule has 116 valence electrons. The average molecular weight is 308 g/mol. The molecule has 1 aliphatic heterocycles. The number of nitrogens with two attached hydrogens (primary N) is 1. The van der Waals surface area contributed by atoms with E-state index in [0.717, 1.165) is 36.9 Å². The standard InChI is InChI=1S/C15H24N4OS/c1-18(2)15(16)17-13-6-4-5-7-14(13)19-8-9-20-10-12(19)11-21-3/h4-7,12H,8-11H2,1-3H3,(H2,16,17). The maximum Gasteiger partial charge on any atom is 0.196 e. The summed E-state index contributed by atoms with van der Waals surface area (Å²) in [5, 5.41) is 0. The molecule has 1 heterocycles.